The lowest BCUT2D eigenvalue weighted by molar-refractivity contribution is -0.122. The van der Waals surface area contributed by atoms with Gasteiger partial charge in [-0.25, -0.2) is 13.1 Å². The van der Waals surface area contributed by atoms with E-state index in [1.807, 2.05) is 0 Å². The Morgan fingerprint density at radius 3 is 2.25 bits per heavy atom. The van der Waals surface area contributed by atoms with Crippen LogP contribution in [0.25, 0.3) is 0 Å². The first kappa shape index (κ1) is 13.4. The predicted molar refractivity (Wildman–Crippen MR) is 62.4 cm³/mol. The van der Waals surface area contributed by atoms with Crippen LogP contribution in [0.2, 0.25) is 0 Å². The number of carbonyl (C=O) groups excluding carboxylic acids is 1. The third-order valence-corrected chi connectivity index (χ3v) is 4.67. The molecule has 1 amide bonds. The molecule has 94 valence electrons. The van der Waals surface area contributed by atoms with Gasteiger partial charge in [0.2, 0.25) is 15.9 Å². The molecule has 1 fully saturated rings. The van der Waals surface area contributed by atoms with Gasteiger partial charge in [-0.1, -0.05) is 0 Å². The van der Waals surface area contributed by atoms with Crippen LogP contribution in [-0.2, 0) is 14.8 Å². The maximum absolute atomic E-state index is 11.6. The Labute approximate surface area is 97.0 Å². The van der Waals surface area contributed by atoms with Gasteiger partial charge in [0.05, 0.1) is 4.75 Å². The van der Waals surface area contributed by atoms with Gasteiger partial charge in [-0.15, -0.1) is 0 Å². The average Bonchev–Trinajstić information content (AvgIpc) is 2.93. The molecule has 0 saturated heterocycles. The van der Waals surface area contributed by atoms with Crippen molar-refractivity contribution in [3.63, 3.8) is 0 Å². The summed E-state index contributed by atoms with van der Waals surface area (Å²) in [4.78, 5) is 11.2. The first-order chi connectivity index (χ1) is 7.24. The SMILES string of the molecule is CC(C)(C)S(=O)(=O)NCCNC(=O)C1CC1. The minimum Gasteiger partial charge on any atom is -0.355 e. The van der Waals surface area contributed by atoms with Gasteiger partial charge in [-0.3, -0.25) is 4.79 Å². The molecule has 2 N–H and O–H groups in total. The average molecular weight is 248 g/mol. The fraction of sp³-hybridized carbons (Fsp3) is 0.900. The van der Waals surface area contributed by atoms with Crippen LogP contribution in [0.15, 0.2) is 0 Å². The molecule has 0 radical (unpaired) electrons. The zero-order chi connectivity index (χ0) is 12.4. The van der Waals surface area contributed by atoms with Gasteiger partial charge in [-0.05, 0) is 33.6 Å². The van der Waals surface area contributed by atoms with Gasteiger partial charge in [0.15, 0.2) is 0 Å². The van der Waals surface area contributed by atoms with E-state index >= 15 is 0 Å². The molecule has 0 heterocycles. The highest BCUT2D eigenvalue weighted by Crippen LogP contribution is 2.28. The summed E-state index contributed by atoms with van der Waals surface area (Å²) in [6, 6.07) is 0. The molecule has 1 rings (SSSR count). The molecule has 0 atom stereocenters. The maximum Gasteiger partial charge on any atom is 0.223 e. The first-order valence-corrected chi connectivity index (χ1v) is 6.99. The zero-order valence-corrected chi connectivity index (χ0v) is 10.9. The minimum atomic E-state index is -3.30. The largest absolute Gasteiger partial charge is 0.355 e. The predicted octanol–water partition coefficient (Wildman–Crippen LogP) is 0.230. The van der Waals surface area contributed by atoms with Gasteiger partial charge in [0, 0.05) is 19.0 Å². The van der Waals surface area contributed by atoms with Crippen LogP contribution in [-0.4, -0.2) is 32.2 Å². The molecular weight excluding hydrogens is 228 g/mol. The van der Waals surface area contributed by atoms with Gasteiger partial charge >= 0.3 is 0 Å². The lowest BCUT2D eigenvalue weighted by atomic mass is 10.3. The standard InChI is InChI=1S/C10H20N2O3S/c1-10(2,3)16(14,15)12-7-6-11-9(13)8-4-5-8/h8,12H,4-7H2,1-3H3,(H,11,13). The van der Waals surface area contributed by atoms with Crippen molar-refractivity contribution in [2.75, 3.05) is 13.1 Å². The fourth-order valence-corrected chi connectivity index (χ4v) is 1.88. The van der Waals surface area contributed by atoms with Crippen LogP contribution in [0.4, 0.5) is 0 Å². The maximum atomic E-state index is 11.6. The van der Waals surface area contributed by atoms with E-state index in [4.69, 9.17) is 0 Å². The van der Waals surface area contributed by atoms with Crippen LogP contribution in [0, 0.1) is 5.92 Å². The number of hydrogen-bond donors (Lipinski definition) is 2. The Morgan fingerprint density at radius 2 is 1.81 bits per heavy atom. The Balaban J connectivity index is 2.22. The van der Waals surface area contributed by atoms with Gasteiger partial charge in [0.1, 0.15) is 0 Å². The molecule has 1 aliphatic carbocycles. The van der Waals surface area contributed by atoms with Crippen molar-refractivity contribution in [2.24, 2.45) is 5.92 Å². The van der Waals surface area contributed by atoms with E-state index in [0.717, 1.165) is 12.8 Å². The summed E-state index contributed by atoms with van der Waals surface area (Å²) >= 11 is 0. The molecule has 1 saturated carbocycles. The van der Waals surface area contributed by atoms with Crippen molar-refractivity contribution in [3.05, 3.63) is 0 Å². The van der Waals surface area contributed by atoms with Gasteiger partial charge in [-0.2, -0.15) is 0 Å². The quantitative estimate of drug-likeness (QED) is 0.684. The highest BCUT2D eigenvalue weighted by Gasteiger charge is 2.30. The normalized spacial score (nSPS) is 17.2. The fourth-order valence-electron chi connectivity index (χ4n) is 1.08. The molecule has 0 aromatic rings. The van der Waals surface area contributed by atoms with E-state index in [1.54, 1.807) is 20.8 Å². The Kier molecular flexibility index (Phi) is 3.96. The van der Waals surface area contributed by atoms with Crippen molar-refractivity contribution in [1.29, 1.82) is 0 Å². The van der Waals surface area contributed by atoms with Crippen molar-refractivity contribution < 1.29 is 13.2 Å². The van der Waals surface area contributed by atoms with Crippen molar-refractivity contribution in [2.45, 2.75) is 38.4 Å². The van der Waals surface area contributed by atoms with E-state index in [2.05, 4.69) is 10.0 Å². The second kappa shape index (κ2) is 4.71. The summed E-state index contributed by atoms with van der Waals surface area (Å²) in [6.07, 6.45) is 1.92. The van der Waals surface area contributed by atoms with Crippen LogP contribution in [0.1, 0.15) is 33.6 Å². The third-order valence-electron chi connectivity index (χ3n) is 2.47. The Bertz CT molecular complexity index is 353. The summed E-state index contributed by atoms with van der Waals surface area (Å²) in [5.41, 5.74) is 0. The smallest absolute Gasteiger partial charge is 0.223 e. The van der Waals surface area contributed by atoms with Gasteiger partial charge < -0.3 is 5.32 Å². The summed E-state index contributed by atoms with van der Waals surface area (Å²) in [6.45, 7) is 5.51. The first-order valence-electron chi connectivity index (χ1n) is 5.51. The number of rotatable bonds is 5. The van der Waals surface area contributed by atoms with Crippen molar-refractivity contribution >= 4 is 15.9 Å². The van der Waals surface area contributed by atoms with E-state index in [0.29, 0.717) is 6.54 Å². The van der Waals surface area contributed by atoms with Crippen molar-refractivity contribution in [3.8, 4) is 0 Å². The summed E-state index contributed by atoms with van der Waals surface area (Å²) in [7, 11) is -3.30. The van der Waals surface area contributed by atoms with Crippen LogP contribution in [0.3, 0.4) is 0 Å². The molecule has 0 spiro atoms. The van der Waals surface area contributed by atoms with E-state index < -0.39 is 14.8 Å². The Morgan fingerprint density at radius 1 is 1.25 bits per heavy atom. The number of carbonyl (C=O) groups is 1. The highest BCUT2D eigenvalue weighted by atomic mass is 32.2. The summed E-state index contributed by atoms with van der Waals surface area (Å²) < 4.78 is 24.9. The monoisotopic (exact) mass is 248 g/mol. The molecule has 6 heteroatoms. The Hall–Kier alpha value is -0.620. The topological polar surface area (TPSA) is 75.3 Å². The molecule has 0 aromatic carbocycles. The lowest BCUT2D eigenvalue weighted by Crippen LogP contribution is -2.42. The number of sulfonamides is 1. The van der Waals surface area contributed by atoms with Crippen LogP contribution >= 0.6 is 0 Å². The van der Waals surface area contributed by atoms with Gasteiger partial charge in [0.25, 0.3) is 0 Å². The van der Waals surface area contributed by atoms with Crippen molar-refractivity contribution in [1.82, 2.24) is 10.0 Å². The molecule has 16 heavy (non-hydrogen) atoms. The molecule has 0 unspecified atom stereocenters. The molecule has 1 aliphatic rings. The summed E-state index contributed by atoms with van der Waals surface area (Å²) in [5, 5.41) is 2.70. The van der Waals surface area contributed by atoms with E-state index in [9.17, 15) is 13.2 Å². The number of amides is 1. The molecule has 0 bridgehead atoms. The third kappa shape index (κ3) is 3.75. The molecule has 0 aliphatic heterocycles. The summed E-state index contributed by atoms with van der Waals surface area (Å²) in [5.74, 6) is 0.203. The minimum absolute atomic E-state index is 0.0370. The van der Waals surface area contributed by atoms with Crippen LogP contribution in [0.5, 0.6) is 0 Å². The second-order valence-electron chi connectivity index (χ2n) is 5.08. The molecular formula is C10H20N2O3S. The molecule has 0 aromatic heterocycles. The second-order valence-corrected chi connectivity index (χ2v) is 7.60. The highest BCUT2D eigenvalue weighted by molar-refractivity contribution is 7.90. The number of nitrogens with one attached hydrogen (secondary N) is 2. The molecule has 5 nitrogen and oxygen atoms in total. The number of hydrogen-bond acceptors (Lipinski definition) is 3. The van der Waals surface area contributed by atoms with Crippen LogP contribution < -0.4 is 10.0 Å². The zero-order valence-electron chi connectivity index (χ0n) is 10.0. The van der Waals surface area contributed by atoms with E-state index in [-0.39, 0.29) is 18.4 Å². The van der Waals surface area contributed by atoms with E-state index in [1.165, 1.54) is 0 Å². The lowest BCUT2D eigenvalue weighted by Gasteiger charge is -2.19.